The van der Waals surface area contributed by atoms with E-state index in [1.54, 1.807) is 0 Å². The molecule has 2 N–H and O–H groups in total. The molecule has 0 amide bonds. The zero-order chi connectivity index (χ0) is 16.1. The summed E-state index contributed by atoms with van der Waals surface area (Å²) in [5.41, 5.74) is 1.03. The smallest absolute Gasteiger partial charge is 0.172 e. The first kappa shape index (κ1) is 16.2. The molecule has 1 aromatic heterocycles. The Hall–Kier alpha value is -1.63. The van der Waals surface area contributed by atoms with Gasteiger partial charge in [0.15, 0.2) is 10.9 Å². The van der Waals surface area contributed by atoms with Crippen molar-refractivity contribution < 1.29 is 4.74 Å². The van der Waals surface area contributed by atoms with E-state index < -0.39 is 0 Å². The van der Waals surface area contributed by atoms with Gasteiger partial charge in [-0.2, -0.15) is 5.10 Å². The molecule has 7 heteroatoms. The Morgan fingerprint density at radius 2 is 2.26 bits per heavy atom. The van der Waals surface area contributed by atoms with Crippen molar-refractivity contribution in [2.24, 2.45) is 0 Å². The zero-order valence-corrected chi connectivity index (χ0v) is 14.2. The van der Waals surface area contributed by atoms with E-state index in [0.29, 0.717) is 17.5 Å². The molecule has 0 bridgehead atoms. The molecule has 0 spiro atoms. The Balaban J connectivity index is 1.50. The van der Waals surface area contributed by atoms with Crippen molar-refractivity contribution in [2.45, 2.75) is 25.5 Å². The third-order valence-electron chi connectivity index (χ3n) is 3.69. The maximum absolute atomic E-state index is 6.17. The number of rotatable bonds is 5. The van der Waals surface area contributed by atoms with Crippen LogP contribution >= 0.6 is 23.8 Å². The lowest BCUT2D eigenvalue weighted by Crippen LogP contribution is -2.34. The van der Waals surface area contributed by atoms with Crippen molar-refractivity contribution in [3.8, 4) is 0 Å². The van der Waals surface area contributed by atoms with Gasteiger partial charge in [0.2, 0.25) is 0 Å². The highest BCUT2D eigenvalue weighted by atomic mass is 35.5. The number of nitrogens with zero attached hydrogens (tertiary/aromatic N) is 2. The van der Waals surface area contributed by atoms with E-state index in [0.717, 1.165) is 36.6 Å². The first-order valence-corrected chi connectivity index (χ1v) is 8.42. The summed E-state index contributed by atoms with van der Waals surface area (Å²) in [4.78, 5) is 0. The molecule has 23 heavy (non-hydrogen) atoms. The van der Waals surface area contributed by atoms with E-state index >= 15 is 0 Å². The molecule has 1 aliphatic heterocycles. The van der Waals surface area contributed by atoms with Crippen LogP contribution in [0.3, 0.4) is 0 Å². The van der Waals surface area contributed by atoms with Crippen molar-refractivity contribution >= 4 is 34.7 Å². The Morgan fingerprint density at radius 3 is 3.04 bits per heavy atom. The standard InChI is InChI=1S/C16H19ClN4OS/c17-14-6-2-1-4-12(14)11-21-8-7-15(20-21)19-16(23)18-10-13-5-3-9-22-13/h1-2,4,6-8,13H,3,5,9-11H2,(H2,18,19,20,23)/t13-/m1/s1. The Bertz CT molecular complexity index is 670. The van der Waals surface area contributed by atoms with Crippen LogP contribution < -0.4 is 10.6 Å². The summed E-state index contributed by atoms with van der Waals surface area (Å²) in [6, 6.07) is 9.64. The average molecular weight is 351 g/mol. The van der Waals surface area contributed by atoms with Gasteiger partial charge in [0.1, 0.15) is 0 Å². The Morgan fingerprint density at radius 1 is 1.39 bits per heavy atom. The summed E-state index contributed by atoms with van der Waals surface area (Å²) in [6.07, 6.45) is 4.36. The van der Waals surface area contributed by atoms with E-state index in [-0.39, 0.29) is 6.10 Å². The summed E-state index contributed by atoms with van der Waals surface area (Å²) in [5.74, 6) is 0.710. The highest BCUT2D eigenvalue weighted by Crippen LogP contribution is 2.16. The number of halogens is 1. The first-order chi connectivity index (χ1) is 11.2. The van der Waals surface area contributed by atoms with Crippen LogP contribution in [0.25, 0.3) is 0 Å². The van der Waals surface area contributed by atoms with Crippen molar-refractivity contribution in [1.29, 1.82) is 0 Å². The normalized spacial score (nSPS) is 17.2. The molecule has 1 fully saturated rings. The molecule has 5 nitrogen and oxygen atoms in total. The lowest BCUT2D eigenvalue weighted by molar-refractivity contribution is 0.114. The highest BCUT2D eigenvalue weighted by molar-refractivity contribution is 7.80. The van der Waals surface area contributed by atoms with Gasteiger partial charge >= 0.3 is 0 Å². The molecular weight excluding hydrogens is 332 g/mol. The van der Waals surface area contributed by atoms with Gasteiger partial charge in [-0.25, -0.2) is 0 Å². The maximum atomic E-state index is 6.17. The Labute approximate surface area is 146 Å². The van der Waals surface area contributed by atoms with Gasteiger partial charge < -0.3 is 15.4 Å². The topological polar surface area (TPSA) is 51.1 Å². The van der Waals surface area contributed by atoms with Crippen LogP contribution in [0.15, 0.2) is 36.5 Å². The fourth-order valence-corrected chi connectivity index (χ4v) is 2.87. The summed E-state index contributed by atoms with van der Waals surface area (Å²) >= 11 is 11.5. The van der Waals surface area contributed by atoms with E-state index in [1.165, 1.54) is 0 Å². The molecule has 1 saturated heterocycles. The largest absolute Gasteiger partial charge is 0.376 e. The fraction of sp³-hybridized carbons (Fsp3) is 0.375. The molecule has 1 aromatic carbocycles. The van der Waals surface area contributed by atoms with Crippen LogP contribution in [0.5, 0.6) is 0 Å². The van der Waals surface area contributed by atoms with Gasteiger partial charge in [-0.3, -0.25) is 4.68 Å². The minimum Gasteiger partial charge on any atom is -0.376 e. The summed E-state index contributed by atoms with van der Waals surface area (Å²) in [6.45, 7) is 2.20. The second-order valence-electron chi connectivity index (χ2n) is 5.46. The predicted molar refractivity (Wildman–Crippen MR) is 96.0 cm³/mol. The third kappa shape index (κ3) is 4.67. The number of nitrogens with one attached hydrogen (secondary N) is 2. The van der Waals surface area contributed by atoms with E-state index in [9.17, 15) is 0 Å². The second-order valence-corrected chi connectivity index (χ2v) is 6.28. The molecule has 1 atom stereocenters. The third-order valence-corrected chi connectivity index (χ3v) is 4.30. The Kier molecular flexibility index (Phi) is 5.48. The van der Waals surface area contributed by atoms with Crippen molar-refractivity contribution in [1.82, 2.24) is 15.1 Å². The van der Waals surface area contributed by atoms with Gasteiger partial charge in [0, 0.05) is 30.4 Å². The predicted octanol–water partition coefficient (Wildman–Crippen LogP) is 3.05. The molecule has 0 saturated carbocycles. The molecule has 3 rings (SSSR count). The molecule has 2 heterocycles. The number of benzene rings is 1. The van der Waals surface area contributed by atoms with Crippen LogP contribution in [0.2, 0.25) is 5.02 Å². The van der Waals surface area contributed by atoms with Crippen LogP contribution in [0.1, 0.15) is 18.4 Å². The van der Waals surface area contributed by atoms with Crippen LogP contribution in [0.4, 0.5) is 5.82 Å². The molecule has 122 valence electrons. The van der Waals surface area contributed by atoms with Crippen molar-refractivity contribution in [3.05, 3.63) is 47.1 Å². The van der Waals surface area contributed by atoms with E-state index in [1.807, 2.05) is 41.2 Å². The van der Waals surface area contributed by atoms with Crippen LogP contribution in [-0.2, 0) is 11.3 Å². The number of anilines is 1. The minimum atomic E-state index is 0.257. The summed E-state index contributed by atoms with van der Waals surface area (Å²) in [5, 5.41) is 12.0. The molecule has 0 aliphatic carbocycles. The zero-order valence-electron chi connectivity index (χ0n) is 12.7. The number of thiocarbonyl (C=S) groups is 1. The lowest BCUT2D eigenvalue weighted by Gasteiger charge is -2.12. The van der Waals surface area contributed by atoms with Crippen LogP contribution in [0, 0.1) is 0 Å². The highest BCUT2D eigenvalue weighted by Gasteiger charge is 2.15. The molecule has 0 unspecified atom stereocenters. The molecular formula is C16H19ClN4OS. The van der Waals surface area contributed by atoms with Crippen molar-refractivity contribution in [2.75, 3.05) is 18.5 Å². The SMILES string of the molecule is S=C(NC[C@H]1CCCO1)Nc1ccn(Cc2ccccc2Cl)n1. The maximum Gasteiger partial charge on any atom is 0.172 e. The second kappa shape index (κ2) is 7.77. The molecule has 1 aliphatic rings. The molecule has 2 aromatic rings. The first-order valence-electron chi connectivity index (χ1n) is 7.64. The van der Waals surface area contributed by atoms with Crippen molar-refractivity contribution in [3.63, 3.8) is 0 Å². The number of hydrogen-bond acceptors (Lipinski definition) is 3. The monoisotopic (exact) mass is 350 g/mol. The molecule has 0 radical (unpaired) electrons. The van der Waals surface area contributed by atoms with E-state index in [4.69, 9.17) is 28.6 Å². The lowest BCUT2D eigenvalue weighted by atomic mass is 10.2. The summed E-state index contributed by atoms with van der Waals surface area (Å²) in [7, 11) is 0. The fourth-order valence-electron chi connectivity index (χ4n) is 2.49. The number of hydrogen-bond donors (Lipinski definition) is 2. The summed E-state index contributed by atoms with van der Waals surface area (Å²) < 4.78 is 7.38. The number of aromatic nitrogens is 2. The van der Waals surface area contributed by atoms with Gasteiger partial charge in [-0.1, -0.05) is 29.8 Å². The van der Waals surface area contributed by atoms with Gasteiger partial charge in [0.05, 0.1) is 12.6 Å². The van der Waals surface area contributed by atoms with Gasteiger partial charge in [-0.05, 0) is 36.7 Å². The minimum absolute atomic E-state index is 0.257. The average Bonchev–Trinajstić information content (AvgIpc) is 3.19. The quantitative estimate of drug-likeness (QED) is 0.812. The van der Waals surface area contributed by atoms with Gasteiger partial charge in [-0.15, -0.1) is 0 Å². The van der Waals surface area contributed by atoms with Crippen LogP contribution in [-0.4, -0.2) is 34.1 Å². The number of ether oxygens (including phenoxy) is 1. The van der Waals surface area contributed by atoms with E-state index in [2.05, 4.69) is 15.7 Å². The van der Waals surface area contributed by atoms with Gasteiger partial charge in [0.25, 0.3) is 0 Å².